The molecule has 1 heteroatoms. The summed E-state index contributed by atoms with van der Waals surface area (Å²) in [6.07, 6.45) is 3.42. The molecule has 0 aromatic carbocycles. The van der Waals surface area contributed by atoms with E-state index < -0.39 is 0 Å². The molecule has 1 nitrogen and oxygen atoms in total. The zero-order valence-electron chi connectivity index (χ0n) is 11.2. The SMILES string of the molecule is C=CC(=O)C(CC)C(C)(C)CC(C)(C)C. The summed E-state index contributed by atoms with van der Waals surface area (Å²) in [5, 5.41) is 0. The molecule has 0 saturated heterocycles. The fourth-order valence-electron chi connectivity index (χ4n) is 2.77. The Labute approximate surface area is 95.0 Å². The third-order valence-electron chi connectivity index (χ3n) is 2.88. The van der Waals surface area contributed by atoms with E-state index in [9.17, 15) is 4.79 Å². The van der Waals surface area contributed by atoms with Crippen molar-refractivity contribution >= 4 is 5.78 Å². The maximum Gasteiger partial charge on any atom is 0.158 e. The van der Waals surface area contributed by atoms with Crippen molar-refractivity contribution in [3.63, 3.8) is 0 Å². The Morgan fingerprint density at radius 3 is 2.00 bits per heavy atom. The van der Waals surface area contributed by atoms with Gasteiger partial charge in [0.05, 0.1) is 0 Å². The van der Waals surface area contributed by atoms with Gasteiger partial charge >= 0.3 is 0 Å². The average molecular weight is 210 g/mol. The molecule has 1 unspecified atom stereocenters. The fraction of sp³-hybridized carbons (Fsp3) is 0.786. The molecule has 0 rings (SSSR count). The lowest BCUT2D eigenvalue weighted by Gasteiger charge is -2.37. The Morgan fingerprint density at radius 1 is 1.27 bits per heavy atom. The van der Waals surface area contributed by atoms with Crippen LogP contribution in [0, 0.1) is 16.7 Å². The van der Waals surface area contributed by atoms with Gasteiger partial charge in [-0.25, -0.2) is 0 Å². The Kier molecular flexibility index (Phi) is 4.76. The maximum atomic E-state index is 11.8. The van der Waals surface area contributed by atoms with E-state index >= 15 is 0 Å². The number of hydrogen-bond acceptors (Lipinski definition) is 1. The summed E-state index contributed by atoms with van der Waals surface area (Å²) >= 11 is 0. The van der Waals surface area contributed by atoms with Crippen molar-refractivity contribution < 1.29 is 4.79 Å². The molecular formula is C14H26O. The predicted molar refractivity (Wildman–Crippen MR) is 66.8 cm³/mol. The van der Waals surface area contributed by atoms with Crippen LogP contribution in [-0.2, 0) is 4.79 Å². The highest BCUT2D eigenvalue weighted by molar-refractivity contribution is 5.91. The smallest absolute Gasteiger partial charge is 0.158 e. The summed E-state index contributed by atoms with van der Waals surface area (Å²) in [6.45, 7) is 16.7. The second-order valence-corrected chi connectivity index (χ2v) is 6.29. The molecule has 1 atom stereocenters. The van der Waals surface area contributed by atoms with Gasteiger partial charge in [-0.3, -0.25) is 4.79 Å². The van der Waals surface area contributed by atoms with Gasteiger partial charge in [0, 0.05) is 5.92 Å². The maximum absolute atomic E-state index is 11.8. The molecule has 0 N–H and O–H groups in total. The molecule has 0 spiro atoms. The van der Waals surface area contributed by atoms with Gasteiger partial charge < -0.3 is 0 Å². The van der Waals surface area contributed by atoms with Gasteiger partial charge in [0.25, 0.3) is 0 Å². The Hall–Kier alpha value is -0.590. The first-order valence-corrected chi connectivity index (χ1v) is 5.80. The molecule has 0 fully saturated rings. The van der Waals surface area contributed by atoms with Crippen LogP contribution in [0.5, 0.6) is 0 Å². The third kappa shape index (κ3) is 4.63. The number of rotatable bonds is 5. The number of carbonyl (C=O) groups is 1. The minimum atomic E-state index is 0.0538. The number of hydrogen-bond donors (Lipinski definition) is 0. The molecule has 88 valence electrons. The second kappa shape index (κ2) is 4.96. The highest BCUT2D eigenvalue weighted by Crippen LogP contribution is 2.40. The van der Waals surface area contributed by atoms with Crippen LogP contribution < -0.4 is 0 Å². The Balaban J connectivity index is 4.81. The first kappa shape index (κ1) is 14.4. The topological polar surface area (TPSA) is 17.1 Å². The van der Waals surface area contributed by atoms with E-state index in [1.807, 2.05) is 0 Å². The molecule has 0 radical (unpaired) electrons. The van der Waals surface area contributed by atoms with Crippen molar-refractivity contribution in [2.45, 2.75) is 54.4 Å². The van der Waals surface area contributed by atoms with E-state index in [0.29, 0.717) is 0 Å². The number of carbonyl (C=O) groups excluding carboxylic acids is 1. The lowest BCUT2D eigenvalue weighted by atomic mass is 9.67. The first-order chi connectivity index (χ1) is 6.64. The lowest BCUT2D eigenvalue weighted by molar-refractivity contribution is -0.122. The number of allylic oxidation sites excluding steroid dienone is 1. The van der Waals surface area contributed by atoms with E-state index in [2.05, 4.69) is 48.1 Å². The normalized spacial score (nSPS) is 14.8. The van der Waals surface area contributed by atoms with Crippen LogP contribution in [0.25, 0.3) is 0 Å². The highest BCUT2D eigenvalue weighted by atomic mass is 16.1. The third-order valence-corrected chi connectivity index (χ3v) is 2.88. The van der Waals surface area contributed by atoms with Crippen LogP contribution in [0.4, 0.5) is 0 Å². The van der Waals surface area contributed by atoms with Crippen molar-refractivity contribution in [2.24, 2.45) is 16.7 Å². The molecular weight excluding hydrogens is 184 g/mol. The standard InChI is InChI=1S/C14H26O/c1-8-11(12(15)9-2)14(6,7)10-13(3,4)5/h9,11H,2,8,10H2,1,3-7H3. The van der Waals surface area contributed by atoms with Crippen molar-refractivity contribution in [3.05, 3.63) is 12.7 Å². The van der Waals surface area contributed by atoms with Crippen LogP contribution in [0.3, 0.4) is 0 Å². The molecule has 0 bridgehead atoms. The lowest BCUT2D eigenvalue weighted by Crippen LogP contribution is -2.33. The minimum absolute atomic E-state index is 0.0538. The zero-order chi connectivity index (χ0) is 12.3. The fourth-order valence-corrected chi connectivity index (χ4v) is 2.77. The van der Waals surface area contributed by atoms with E-state index in [-0.39, 0.29) is 22.5 Å². The van der Waals surface area contributed by atoms with E-state index in [1.165, 1.54) is 6.08 Å². The molecule has 0 aliphatic heterocycles. The monoisotopic (exact) mass is 210 g/mol. The van der Waals surface area contributed by atoms with Gasteiger partial charge in [0.1, 0.15) is 0 Å². The minimum Gasteiger partial charge on any atom is -0.295 e. The molecule has 0 heterocycles. The first-order valence-electron chi connectivity index (χ1n) is 5.80. The van der Waals surface area contributed by atoms with Gasteiger partial charge in [-0.1, -0.05) is 48.1 Å². The summed E-state index contributed by atoms with van der Waals surface area (Å²) in [6, 6.07) is 0. The van der Waals surface area contributed by atoms with Crippen LogP contribution in [-0.4, -0.2) is 5.78 Å². The van der Waals surface area contributed by atoms with E-state index in [4.69, 9.17) is 0 Å². The van der Waals surface area contributed by atoms with Gasteiger partial charge in [-0.2, -0.15) is 0 Å². The number of ketones is 1. The summed E-state index contributed by atoms with van der Waals surface area (Å²) in [5.41, 5.74) is 0.316. The summed E-state index contributed by atoms with van der Waals surface area (Å²) in [5.74, 6) is 0.293. The zero-order valence-corrected chi connectivity index (χ0v) is 11.2. The van der Waals surface area contributed by atoms with Gasteiger partial charge in [-0.05, 0) is 29.7 Å². The quantitative estimate of drug-likeness (QED) is 0.621. The van der Waals surface area contributed by atoms with Crippen molar-refractivity contribution in [3.8, 4) is 0 Å². The largest absolute Gasteiger partial charge is 0.295 e. The van der Waals surface area contributed by atoms with Crippen molar-refractivity contribution in [1.82, 2.24) is 0 Å². The predicted octanol–water partition coefficient (Wildman–Crippen LogP) is 4.23. The molecule has 0 aromatic rings. The molecule has 0 amide bonds. The van der Waals surface area contributed by atoms with Gasteiger partial charge in [0.2, 0.25) is 0 Å². The van der Waals surface area contributed by atoms with E-state index in [0.717, 1.165) is 12.8 Å². The summed E-state index contributed by atoms with van der Waals surface area (Å²) in [7, 11) is 0. The molecule has 0 aliphatic rings. The van der Waals surface area contributed by atoms with E-state index in [1.54, 1.807) is 0 Å². The van der Waals surface area contributed by atoms with Crippen LogP contribution in [0.1, 0.15) is 54.4 Å². The molecule has 15 heavy (non-hydrogen) atoms. The van der Waals surface area contributed by atoms with Gasteiger partial charge in [-0.15, -0.1) is 0 Å². The summed E-state index contributed by atoms with van der Waals surface area (Å²) < 4.78 is 0. The second-order valence-electron chi connectivity index (χ2n) is 6.29. The van der Waals surface area contributed by atoms with Gasteiger partial charge in [0.15, 0.2) is 5.78 Å². The summed E-state index contributed by atoms with van der Waals surface area (Å²) in [4.78, 5) is 11.8. The van der Waals surface area contributed by atoms with Crippen LogP contribution >= 0.6 is 0 Å². The highest BCUT2D eigenvalue weighted by Gasteiger charge is 2.35. The average Bonchev–Trinajstić information content (AvgIpc) is 1.99. The van der Waals surface area contributed by atoms with Crippen LogP contribution in [0.15, 0.2) is 12.7 Å². The van der Waals surface area contributed by atoms with Crippen molar-refractivity contribution in [1.29, 1.82) is 0 Å². The Morgan fingerprint density at radius 2 is 1.73 bits per heavy atom. The van der Waals surface area contributed by atoms with Crippen LogP contribution in [0.2, 0.25) is 0 Å². The Bertz CT molecular complexity index is 230. The molecule has 0 saturated carbocycles. The molecule has 0 aliphatic carbocycles. The van der Waals surface area contributed by atoms with Crippen molar-refractivity contribution in [2.75, 3.05) is 0 Å². The molecule has 0 aromatic heterocycles.